The first-order valence-electron chi connectivity index (χ1n) is 4.18. The molecule has 5 heteroatoms. The smallest absolute Gasteiger partial charge is 0.130 e. The summed E-state index contributed by atoms with van der Waals surface area (Å²) >= 11 is 0. The molecule has 4 N–H and O–H groups in total. The molecule has 5 nitrogen and oxygen atoms in total. The molecule has 1 aromatic heterocycles. The molecule has 0 saturated carbocycles. The molecule has 0 aliphatic rings. The van der Waals surface area contributed by atoms with Gasteiger partial charge >= 0.3 is 0 Å². The zero-order chi connectivity index (χ0) is 10.9. The van der Waals surface area contributed by atoms with Gasteiger partial charge in [-0.1, -0.05) is 0 Å². The number of rotatable bonds is 2. The lowest BCUT2D eigenvalue weighted by atomic mass is 10.1. The molecule has 0 aliphatic carbocycles. The van der Waals surface area contributed by atoms with E-state index in [4.69, 9.17) is 11.1 Å². The number of aliphatic hydroxyl groups is 1. The zero-order valence-corrected chi connectivity index (χ0v) is 8.50. The van der Waals surface area contributed by atoms with Crippen LogP contribution in [0.4, 0.5) is 0 Å². The van der Waals surface area contributed by atoms with E-state index in [-0.39, 0.29) is 11.6 Å². The summed E-state index contributed by atoms with van der Waals surface area (Å²) in [4.78, 5) is 0. The Morgan fingerprint density at radius 2 is 2.14 bits per heavy atom. The summed E-state index contributed by atoms with van der Waals surface area (Å²) in [5, 5.41) is 20.8. The molecule has 14 heavy (non-hydrogen) atoms. The van der Waals surface area contributed by atoms with Gasteiger partial charge < -0.3 is 10.8 Å². The van der Waals surface area contributed by atoms with Gasteiger partial charge in [0.05, 0.1) is 11.3 Å². The number of aromatic nitrogens is 2. The molecule has 0 radical (unpaired) electrons. The largest absolute Gasteiger partial charge is 0.507 e. The van der Waals surface area contributed by atoms with Gasteiger partial charge in [0, 0.05) is 18.8 Å². The van der Waals surface area contributed by atoms with Gasteiger partial charge in [0.25, 0.3) is 0 Å². The van der Waals surface area contributed by atoms with Crippen molar-refractivity contribution in [3.05, 3.63) is 23.0 Å². The molecule has 0 saturated heterocycles. The van der Waals surface area contributed by atoms with Crippen LogP contribution in [0, 0.1) is 19.3 Å². The number of aliphatic hydroxyl groups excluding tert-OH is 1. The molecule has 0 aromatic carbocycles. The van der Waals surface area contributed by atoms with Crippen LogP contribution in [0.5, 0.6) is 0 Å². The lowest BCUT2D eigenvalue weighted by Crippen LogP contribution is -2.06. The molecule has 76 valence electrons. The first-order valence-corrected chi connectivity index (χ1v) is 4.18. The van der Waals surface area contributed by atoms with Gasteiger partial charge in [0.1, 0.15) is 11.6 Å². The van der Waals surface area contributed by atoms with Crippen molar-refractivity contribution >= 4 is 11.6 Å². The van der Waals surface area contributed by atoms with E-state index in [1.165, 1.54) is 6.08 Å². The van der Waals surface area contributed by atoms with E-state index in [1.807, 2.05) is 6.92 Å². The summed E-state index contributed by atoms with van der Waals surface area (Å²) in [5.41, 5.74) is 7.37. The Labute approximate surface area is 82.4 Å². The average molecular weight is 194 g/mol. The van der Waals surface area contributed by atoms with Crippen molar-refractivity contribution in [2.24, 2.45) is 12.8 Å². The number of nitrogens with zero attached hydrogens (tertiary/aromatic N) is 2. The van der Waals surface area contributed by atoms with Crippen LogP contribution in [0.15, 0.2) is 6.08 Å². The maximum Gasteiger partial charge on any atom is 0.130 e. The minimum absolute atomic E-state index is 0.0133. The van der Waals surface area contributed by atoms with Gasteiger partial charge in [0.2, 0.25) is 0 Å². The number of hydrogen-bond donors (Lipinski definition) is 3. The van der Waals surface area contributed by atoms with Gasteiger partial charge in [-0.25, -0.2) is 0 Å². The van der Waals surface area contributed by atoms with Crippen LogP contribution in [0.2, 0.25) is 0 Å². The van der Waals surface area contributed by atoms with Gasteiger partial charge in [-0.05, 0) is 13.8 Å². The number of hydrogen-bond acceptors (Lipinski definition) is 3. The minimum Gasteiger partial charge on any atom is -0.507 e. The van der Waals surface area contributed by atoms with Crippen LogP contribution in [0.1, 0.15) is 17.0 Å². The first kappa shape index (κ1) is 10.3. The van der Waals surface area contributed by atoms with E-state index in [9.17, 15) is 5.11 Å². The average Bonchev–Trinajstić information content (AvgIpc) is 2.25. The zero-order valence-electron chi connectivity index (χ0n) is 8.50. The topological polar surface area (TPSA) is 87.9 Å². The number of nitrogens with two attached hydrogens (primary N) is 1. The van der Waals surface area contributed by atoms with Crippen molar-refractivity contribution in [3.8, 4) is 0 Å². The van der Waals surface area contributed by atoms with Crippen molar-refractivity contribution in [1.29, 1.82) is 5.41 Å². The van der Waals surface area contributed by atoms with E-state index in [1.54, 1.807) is 18.7 Å². The Morgan fingerprint density at radius 1 is 1.57 bits per heavy atom. The second kappa shape index (κ2) is 3.53. The van der Waals surface area contributed by atoms with E-state index in [2.05, 4.69) is 5.10 Å². The Balaban J connectivity index is 3.25. The normalized spacial score (nSPS) is 11.8. The van der Waals surface area contributed by atoms with Crippen LogP contribution in [0.3, 0.4) is 0 Å². The van der Waals surface area contributed by atoms with Crippen molar-refractivity contribution < 1.29 is 5.11 Å². The Hall–Kier alpha value is -1.78. The maximum atomic E-state index is 9.65. The molecule has 0 fully saturated rings. The van der Waals surface area contributed by atoms with E-state index in [0.717, 1.165) is 11.4 Å². The fraction of sp³-hybridized carbons (Fsp3) is 0.333. The summed E-state index contributed by atoms with van der Waals surface area (Å²) in [7, 11) is 1.80. The third-order valence-corrected chi connectivity index (χ3v) is 2.06. The van der Waals surface area contributed by atoms with Crippen molar-refractivity contribution in [3.63, 3.8) is 0 Å². The summed E-state index contributed by atoms with van der Waals surface area (Å²) in [6, 6.07) is 0. The quantitative estimate of drug-likeness (QED) is 0.371. The molecule has 0 atom stereocenters. The highest BCUT2D eigenvalue weighted by Gasteiger charge is 2.12. The van der Waals surface area contributed by atoms with Crippen LogP contribution in [-0.2, 0) is 7.05 Å². The van der Waals surface area contributed by atoms with Crippen molar-refractivity contribution in [2.75, 3.05) is 0 Å². The fourth-order valence-electron chi connectivity index (χ4n) is 1.36. The van der Waals surface area contributed by atoms with E-state index >= 15 is 0 Å². The molecular formula is C9H14N4O. The fourth-order valence-corrected chi connectivity index (χ4v) is 1.36. The van der Waals surface area contributed by atoms with Crippen LogP contribution in [-0.4, -0.2) is 20.7 Å². The molecule has 0 amide bonds. The van der Waals surface area contributed by atoms with Crippen LogP contribution < -0.4 is 5.73 Å². The van der Waals surface area contributed by atoms with Crippen LogP contribution in [0.25, 0.3) is 5.76 Å². The molecule has 1 rings (SSSR count). The van der Waals surface area contributed by atoms with Crippen LogP contribution >= 0.6 is 0 Å². The Kier molecular flexibility index (Phi) is 2.60. The second-order valence-electron chi connectivity index (χ2n) is 3.15. The SMILES string of the molecule is Cc1nn(C)c(C)c1/C(O)=C\C(=N)N. The third kappa shape index (κ3) is 1.76. The van der Waals surface area contributed by atoms with Gasteiger partial charge in [-0.15, -0.1) is 0 Å². The highest BCUT2D eigenvalue weighted by atomic mass is 16.3. The molecule has 1 heterocycles. The molecule has 1 aromatic rings. The minimum atomic E-state index is -0.176. The summed E-state index contributed by atoms with van der Waals surface area (Å²) in [5.74, 6) is -0.189. The van der Waals surface area contributed by atoms with Crippen molar-refractivity contribution in [2.45, 2.75) is 13.8 Å². The van der Waals surface area contributed by atoms with E-state index in [0.29, 0.717) is 5.56 Å². The molecule has 0 unspecified atom stereocenters. The van der Waals surface area contributed by atoms with Gasteiger partial charge in [-0.3, -0.25) is 10.1 Å². The standard InChI is InChI=1S/C9H14N4O/c1-5-9(6(2)13(3)12-5)7(14)4-8(10)11/h4,14H,1-3H3,(H3,10,11)/b7-4+. The Morgan fingerprint density at radius 3 is 2.50 bits per heavy atom. The monoisotopic (exact) mass is 194 g/mol. The maximum absolute atomic E-state index is 9.65. The lowest BCUT2D eigenvalue weighted by Gasteiger charge is -2.00. The lowest BCUT2D eigenvalue weighted by molar-refractivity contribution is 0.511. The number of amidine groups is 1. The van der Waals surface area contributed by atoms with Gasteiger partial charge in [0.15, 0.2) is 0 Å². The van der Waals surface area contributed by atoms with Gasteiger partial charge in [-0.2, -0.15) is 5.10 Å². The molecule has 0 spiro atoms. The first-order chi connectivity index (χ1) is 6.43. The second-order valence-corrected chi connectivity index (χ2v) is 3.15. The summed E-state index contributed by atoms with van der Waals surface area (Å²) < 4.78 is 1.68. The Bertz CT molecular complexity index is 403. The summed E-state index contributed by atoms with van der Waals surface area (Å²) in [6.45, 7) is 3.64. The molecule has 0 aliphatic heterocycles. The molecular weight excluding hydrogens is 180 g/mol. The molecule has 0 bridgehead atoms. The van der Waals surface area contributed by atoms with E-state index < -0.39 is 0 Å². The highest BCUT2D eigenvalue weighted by molar-refractivity contribution is 5.94. The number of nitrogens with one attached hydrogen (secondary N) is 1. The number of aryl methyl sites for hydroxylation is 2. The highest BCUT2D eigenvalue weighted by Crippen LogP contribution is 2.19. The predicted octanol–water partition coefficient (Wildman–Crippen LogP) is 0.872. The third-order valence-electron chi connectivity index (χ3n) is 2.06. The van der Waals surface area contributed by atoms with Crippen molar-refractivity contribution in [1.82, 2.24) is 9.78 Å². The predicted molar refractivity (Wildman–Crippen MR) is 55.2 cm³/mol. The summed E-state index contributed by atoms with van der Waals surface area (Å²) in [6.07, 6.45) is 1.21.